The molecule has 0 aliphatic carbocycles. The Morgan fingerprint density at radius 2 is 1.33 bits per heavy atom. The molecular formula is C11H13F5N2O2S. The van der Waals surface area contributed by atoms with E-state index < -0.39 is 50.5 Å². The molecule has 0 bridgehead atoms. The van der Waals surface area contributed by atoms with Crippen LogP contribution in [0.2, 0.25) is 0 Å². The Hall–Kier alpha value is -1.42. The minimum absolute atomic E-state index is 0.158. The lowest BCUT2D eigenvalue weighted by Gasteiger charge is -2.11. The summed E-state index contributed by atoms with van der Waals surface area (Å²) in [6.45, 7) is 0.526. The maximum atomic E-state index is 13.3. The van der Waals surface area contributed by atoms with Crippen molar-refractivity contribution in [2.45, 2.75) is 12.8 Å². The van der Waals surface area contributed by atoms with Gasteiger partial charge >= 0.3 is 0 Å². The van der Waals surface area contributed by atoms with Crippen molar-refractivity contribution >= 4 is 15.7 Å². The fourth-order valence-electron chi connectivity index (χ4n) is 1.49. The summed E-state index contributed by atoms with van der Waals surface area (Å²) < 4.78 is 89.8. The number of anilines is 1. The van der Waals surface area contributed by atoms with E-state index in [9.17, 15) is 30.4 Å². The second kappa shape index (κ2) is 7.03. The van der Waals surface area contributed by atoms with E-state index in [0.717, 1.165) is 0 Å². The van der Waals surface area contributed by atoms with Gasteiger partial charge in [0, 0.05) is 0 Å². The Bertz CT molecular complexity index is 593. The maximum Gasteiger partial charge on any atom is 0.232 e. The number of halogens is 5. The molecule has 4 nitrogen and oxygen atoms in total. The molecule has 1 aromatic rings. The standard InChI is InChI=1S/C11H13F5N2O2S/c1-17-4-2-3-5-21(19,20)18-11-9(15)7(13)6(12)8(14)10(11)16/h17-18H,2-5H2,1H3. The van der Waals surface area contributed by atoms with Gasteiger partial charge in [-0.15, -0.1) is 0 Å². The Balaban J connectivity index is 2.98. The molecule has 10 heteroatoms. The number of rotatable bonds is 7. The lowest BCUT2D eigenvalue weighted by atomic mass is 10.2. The SMILES string of the molecule is CNCCCCS(=O)(=O)Nc1c(F)c(F)c(F)c(F)c1F. The van der Waals surface area contributed by atoms with E-state index in [2.05, 4.69) is 5.32 Å². The van der Waals surface area contributed by atoms with Crippen molar-refractivity contribution in [3.8, 4) is 0 Å². The van der Waals surface area contributed by atoms with Gasteiger partial charge in [-0.2, -0.15) is 0 Å². The molecule has 0 aliphatic rings. The van der Waals surface area contributed by atoms with Gasteiger partial charge in [-0.25, -0.2) is 30.4 Å². The topological polar surface area (TPSA) is 58.2 Å². The molecule has 2 N–H and O–H groups in total. The van der Waals surface area contributed by atoms with Crippen LogP contribution in [0, 0.1) is 29.1 Å². The van der Waals surface area contributed by atoms with E-state index >= 15 is 0 Å². The Morgan fingerprint density at radius 1 is 0.857 bits per heavy atom. The smallest absolute Gasteiger partial charge is 0.232 e. The highest BCUT2D eigenvalue weighted by Gasteiger charge is 2.28. The van der Waals surface area contributed by atoms with E-state index in [-0.39, 0.29) is 6.42 Å². The predicted molar refractivity (Wildman–Crippen MR) is 66.8 cm³/mol. The second-order valence-electron chi connectivity index (χ2n) is 4.18. The molecular weight excluding hydrogens is 319 g/mol. The van der Waals surface area contributed by atoms with Crippen LogP contribution >= 0.6 is 0 Å². The first-order valence-electron chi connectivity index (χ1n) is 5.87. The predicted octanol–water partition coefficient (Wildman–Crippen LogP) is 2.12. The van der Waals surface area contributed by atoms with E-state index in [4.69, 9.17) is 0 Å². The fourth-order valence-corrected chi connectivity index (χ4v) is 2.67. The third-order valence-corrected chi connectivity index (χ3v) is 3.90. The summed E-state index contributed by atoms with van der Waals surface area (Å²) >= 11 is 0. The van der Waals surface area contributed by atoms with Crippen molar-refractivity contribution in [1.29, 1.82) is 0 Å². The van der Waals surface area contributed by atoms with Gasteiger partial charge in [0.2, 0.25) is 15.8 Å². The van der Waals surface area contributed by atoms with Crippen LogP contribution < -0.4 is 10.0 Å². The van der Waals surface area contributed by atoms with E-state index in [1.165, 1.54) is 4.72 Å². The van der Waals surface area contributed by atoms with Gasteiger partial charge in [0.25, 0.3) is 0 Å². The molecule has 0 saturated heterocycles. The summed E-state index contributed by atoms with van der Waals surface area (Å²) in [5.74, 6) is -11.7. The van der Waals surface area contributed by atoms with Crippen molar-refractivity contribution in [3.63, 3.8) is 0 Å². The molecule has 0 atom stereocenters. The van der Waals surface area contributed by atoms with Crippen LogP contribution in [0.15, 0.2) is 0 Å². The van der Waals surface area contributed by atoms with Crippen molar-refractivity contribution in [2.75, 3.05) is 24.1 Å². The van der Waals surface area contributed by atoms with Crippen molar-refractivity contribution in [3.05, 3.63) is 29.1 Å². The first-order valence-corrected chi connectivity index (χ1v) is 7.53. The summed E-state index contributed by atoms with van der Waals surface area (Å²) in [5.41, 5.74) is -1.57. The Kier molecular flexibility index (Phi) is 5.90. The third kappa shape index (κ3) is 4.27. The lowest BCUT2D eigenvalue weighted by Crippen LogP contribution is -2.21. The number of unbranched alkanes of at least 4 members (excludes halogenated alkanes) is 1. The first-order chi connectivity index (χ1) is 9.71. The molecule has 0 fully saturated rings. The zero-order chi connectivity index (χ0) is 16.2. The minimum atomic E-state index is -4.22. The summed E-state index contributed by atoms with van der Waals surface area (Å²) in [6.07, 6.45) is 0.625. The molecule has 0 heterocycles. The summed E-state index contributed by atoms with van der Waals surface area (Å²) in [5, 5.41) is 2.77. The van der Waals surface area contributed by atoms with Gasteiger partial charge in [0.15, 0.2) is 23.3 Å². The van der Waals surface area contributed by atoms with Crippen molar-refractivity contribution in [1.82, 2.24) is 5.32 Å². The van der Waals surface area contributed by atoms with Crippen LogP contribution in [-0.4, -0.2) is 27.8 Å². The van der Waals surface area contributed by atoms with E-state index in [1.54, 1.807) is 7.05 Å². The Morgan fingerprint density at radius 3 is 1.81 bits per heavy atom. The van der Waals surface area contributed by atoms with Crippen LogP contribution in [0.25, 0.3) is 0 Å². The van der Waals surface area contributed by atoms with Gasteiger partial charge in [0.05, 0.1) is 5.75 Å². The molecule has 21 heavy (non-hydrogen) atoms. The summed E-state index contributed by atoms with van der Waals surface area (Å²) in [6, 6.07) is 0. The number of nitrogens with one attached hydrogen (secondary N) is 2. The quantitative estimate of drug-likeness (QED) is 0.348. The van der Waals surface area contributed by atoms with Crippen LogP contribution in [0.1, 0.15) is 12.8 Å². The van der Waals surface area contributed by atoms with Gasteiger partial charge in [-0.1, -0.05) is 0 Å². The van der Waals surface area contributed by atoms with Crippen LogP contribution in [0.3, 0.4) is 0 Å². The van der Waals surface area contributed by atoms with E-state index in [0.29, 0.717) is 13.0 Å². The van der Waals surface area contributed by atoms with Crippen molar-refractivity contribution in [2.24, 2.45) is 0 Å². The van der Waals surface area contributed by atoms with Crippen LogP contribution in [0.5, 0.6) is 0 Å². The summed E-state index contributed by atoms with van der Waals surface area (Å²) in [7, 11) is -2.57. The van der Waals surface area contributed by atoms with Crippen molar-refractivity contribution < 1.29 is 30.4 Å². The fraction of sp³-hybridized carbons (Fsp3) is 0.455. The Labute approximate surface area is 118 Å². The molecule has 120 valence electrons. The van der Waals surface area contributed by atoms with Gasteiger partial charge < -0.3 is 5.32 Å². The normalized spacial score (nSPS) is 11.7. The number of benzene rings is 1. The second-order valence-corrected chi connectivity index (χ2v) is 6.02. The van der Waals surface area contributed by atoms with Gasteiger partial charge in [-0.05, 0) is 26.4 Å². The molecule has 0 unspecified atom stereocenters. The van der Waals surface area contributed by atoms with Crippen LogP contribution in [-0.2, 0) is 10.0 Å². The number of sulfonamides is 1. The monoisotopic (exact) mass is 332 g/mol. The first kappa shape index (κ1) is 17.6. The molecule has 0 aliphatic heterocycles. The number of hydrogen-bond acceptors (Lipinski definition) is 3. The highest BCUT2D eigenvalue weighted by molar-refractivity contribution is 7.92. The van der Waals surface area contributed by atoms with Gasteiger partial charge in [-0.3, -0.25) is 4.72 Å². The molecule has 0 aromatic heterocycles. The molecule has 1 aromatic carbocycles. The van der Waals surface area contributed by atoms with Gasteiger partial charge in [0.1, 0.15) is 5.69 Å². The third-order valence-electron chi connectivity index (χ3n) is 2.56. The molecule has 0 spiro atoms. The van der Waals surface area contributed by atoms with E-state index in [1.807, 2.05) is 0 Å². The average molecular weight is 332 g/mol. The minimum Gasteiger partial charge on any atom is -0.320 e. The maximum absolute atomic E-state index is 13.3. The zero-order valence-corrected chi connectivity index (χ0v) is 11.8. The molecule has 0 radical (unpaired) electrons. The number of hydrogen-bond donors (Lipinski definition) is 2. The highest BCUT2D eigenvalue weighted by atomic mass is 32.2. The highest BCUT2D eigenvalue weighted by Crippen LogP contribution is 2.27. The molecule has 0 saturated carbocycles. The average Bonchev–Trinajstić information content (AvgIpc) is 2.44. The lowest BCUT2D eigenvalue weighted by molar-refractivity contribution is 0.382. The largest absolute Gasteiger partial charge is 0.320 e. The summed E-state index contributed by atoms with van der Waals surface area (Å²) in [4.78, 5) is 0. The molecule has 1 rings (SSSR count). The zero-order valence-electron chi connectivity index (χ0n) is 10.9. The van der Waals surface area contributed by atoms with Crippen LogP contribution in [0.4, 0.5) is 27.6 Å². The molecule has 0 amide bonds.